The van der Waals surface area contributed by atoms with E-state index >= 15 is 0 Å². The number of hydrogen-bond donors (Lipinski definition) is 0. The Labute approximate surface area is 163 Å². The Kier molecular flexibility index (Phi) is 10.3. The molecule has 5 heteroatoms. The van der Waals surface area contributed by atoms with Crippen LogP contribution in [0.1, 0.15) is 0 Å². The second-order valence-electron chi connectivity index (χ2n) is 6.24. The van der Waals surface area contributed by atoms with E-state index in [0.717, 1.165) is 26.2 Å². The minimum Gasteiger partial charge on any atom is -0.383 e. The fourth-order valence-electron chi connectivity index (χ4n) is 2.87. The Hall–Kier alpha value is -2.08. The molecule has 0 spiro atoms. The molecule has 27 heavy (non-hydrogen) atoms. The molecule has 0 bridgehead atoms. The van der Waals surface area contributed by atoms with Gasteiger partial charge in [-0.15, -0.1) is 0 Å². The van der Waals surface area contributed by atoms with Crippen molar-refractivity contribution in [2.45, 2.75) is 0 Å². The smallest absolute Gasteiger partial charge is 0.0642 e. The maximum Gasteiger partial charge on any atom is 0.0642 e. The van der Waals surface area contributed by atoms with Crippen LogP contribution < -0.4 is 9.80 Å². The van der Waals surface area contributed by atoms with Crippen LogP contribution in [0.3, 0.4) is 0 Å². The number of hydrogen-bond acceptors (Lipinski definition) is 5. The van der Waals surface area contributed by atoms with Gasteiger partial charge in [0.25, 0.3) is 0 Å². The molecule has 0 amide bonds. The van der Waals surface area contributed by atoms with E-state index in [1.807, 2.05) is 12.1 Å². The van der Waals surface area contributed by atoms with Gasteiger partial charge in [0, 0.05) is 51.8 Å². The monoisotopic (exact) mass is 372 g/mol. The van der Waals surface area contributed by atoms with Crippen LogP contribution in [0.25, 0.3) is 0 Å². The highest BCUT2D eigenvalue weighted by molar-refractivity contribution is 5.46. The van der Waals surface area contributed by atoms with Crippen molar-refractivity contribution in [3.8, 4) is 0 Å². The molecule has 2 aromatic rings. The van der Waals surface area contributed by atoms with E-state index in [1.54, 1.807) is 14.2 Å². The molecule has 2 rings (SSSR count). The number of ether oxygens (including phenoxy) is 3. The van der Waals surface area contributed by atoms with Crippen molar-refractivity contribution in [2.75, 3.05) is 76.6 Å². The highest BCUT2D eigenvalue weighted by atomic mass is 16.5. The van der Waals surface area contributed by atoms with Gasteiger partial charge in [0.2, 0.25) is 0 Å². The van der Waals surface area contributed by atoms with Crippen molar-refractivity contribution in [1.29, 1.82) is 0 Å². The minimum absolute atomic E-state index is 0.686. The summed E-state index contributed by atoms with van der Waals surface area (Å²) in [6, 6.07) is 20.8. The minimum atomic E-state index is 0.686. The molecule has 0 saturated carbocycles. The first-order valence-electron chi connectivity index (χ1n) is 9.50. The maximum absolute atomic E-state index is 5.93. The predicted molar refractivity (Wildman–Crippen MR) is 112 cm³/mol. The lowest BCUT2D eigenvalue weighted by Crippen LogP contribution is -2.33. The molecule has 0 heterocycles. The first-order valence-corrected chi connectivity index (χ1v) is 9.50. The second-order valence-corrected chi connectivity index (χ2v) is 6.24. The molecule has 0 unspecified atom stereocenters. The molecule has 0 fully saturated rings. The summed E-state index contributed by atoms with van der Waals surface area (Å²) in [4.78, 5) is 4.59. The van der Waals surface area contributed by atoms with Crippen molar-refractivity contribution < 1.29 is 14.2 Å². The maximum atomic E-state index is 5.93. The Morgan fingerprint density at radius 2 is 0.926 bits per heavy atom. The topological polar surface area (TPSA) is 34.2 Å². The molecule has 0 aromatic heterocycles. The van der Waals surface area contributed by atoms with Gasteiger partial charge in [-0.05, 0) is 24.3 Å². The Morgan fingerprint density at radius 3 is 1.30 bits per heavy atom. The number of rotatable bonds is 14. The summed E-state index contributed by atoms with van der Waals surface area (Å²) < 4.78 is 16.4. The van der Waals surface area contributed by atoms with E-state index in [1.165, 1.54) is 11.4 Å². The molecule has 5 nitrogen and oxygen atoms in total. The second kappa shape index (κ2) is 13.1. The normalized spacial score (nSPS) is 10.7. The van der Waals surface area contributed by atoms with Crippen LogP contribution in [0.4, 0.5) is 11.4 Å². The molecular weight excluding hydrogens is 340 g/mol. The van der Waals surface area contributed by atoms with Gasteiger partial charge < -0.3 is 24.0 Å². The summed E-state index contributed by atoms with van der Waals surface area (Å²) in [5, 5.41) is 0. The summed E-state index contributed by atoms with van der Waals surface area (Å²) in [5.41, 5.74) is 2.40. The average Bonchev–Trinajstić information content (AvgIpc) is 2.73. The fraction of sp³-hybridized carbons (Fsp3) is 0.455. The van der Waals surface area contributed by atoms with E-state index in [0.29, 0.717) is 26.4 Å². The summed E-state index contributed by atoms with van der Waals surface area (Å²) >= 11 is 0. The lowest BCUT2D eigenvalue weighted by Gasteiger charge is -2.26. The van der Waals surface area contributed by atoms with Crippen LogP contribution in [0.15, 0.2) is 60.7 Å². The highest BCUT2D eigenvalue weighted by Gasteiger charge is 2.08. The SMILES string of the molecule is COCCN(CCOCCN(CCOC)c1ccccc1)c1ccccc1. The lowest BCUT2D eigenvalue weighted by atomic mass is 10.3. The third kappa shape index (κ3) is 7.99. The van der Waals surface area contributed by atoms with Gasteiger partial charge in [-0.25, -0.2) is 0 Å². The lowest BCUT2D eigenvalue weighted by molar-refractivity contribution is 0.141. The van der Waals surface area contributed by atoms with Crippen molar-refractivity contribution in [1.82, 2.24) is 0 Å². The number of methoxy groups -OCH3 is 2. The number of nitrogens with zero attached hydrogens (tertiary/aromatic N) is 2. The number of anilines is 2. The zero-order valence-electron chi connectivity index (χ0n) is 16.5. The quantitative estimate of drug-likeness (QED) is 0.475. The molecule has 0 aliphatic rings. The molecule has 2 aromatic carbocycles. The van der Waals surface area contributed by atoms with Gasteiger partial charge in [0.15, 0.2) is 0 Å². The van der Waals surface area contributed by atoms with Crippen LogP contribution in [0.2, 0.25) is 0 Å². The summed E-state index contributed by atoms with van der Waals surface area (Å²) in [6.07, 6.45) is 0. The molecule has 0 atom stereocenters. The molecule has 148 valence electrons. The summed E-state index contributed by atoms with van der Waals surface area (Å²) in [6.45, 7) is 6.17. The molecule has 0 aliphatic heterocycles. The van der Waals surface area contributed by atoms with E-state index in [9.17, 15) is 0 Å². The standard InChI is InChI=1S/C22H32N2O3/c1-25-17-13-23(21-9-5-3-6-10-21)15-19-27-20-16-24(14-18-26-2)22-11-7-4-8-12-22/h3-12H,13-20H2,1-2H3. The van der Waals surface area contributed by atoms with Gasteiger partial charge in [-0.2, -0.15) is 0 Å². The third-order valence-corrected chi connectivity index (χ3v) is 4.38. The molecule has 0 saturated heterocycles. The first-order chi connectivity index (χ1) is 13.3. The van der Waals surface area contributed by atoms with Crippen molar-refractivity contribution in [3.05, 3.63) is 60.7 Å². The van der Waals surface area contributed by atoms with Crippen LogP contribution >= 0.6 is 0 Å². The number of benzene rings is 2. The van der Waals surface area contributed by atoms with Crippen molar-refractivity contribution in [2.24, 2.45) is 0 Å². The van der Waals surface area contributed by atoms with E-state index in [2.05, 4.69) is 58.3 Å². The highest BCUT2D eigenvalue weighted by Crippen LogP contribution is 2.14. The zero-order valence-corrected chi connectivity index (χ0v) is 16.5. The van der Waals surface area contributed by atoms with Crippen LogP contribution in [-0.2, 0) is 14.2 Å². The van der Waals surface area contributed by atoms with E-state index < -0.39 is 0 Å². The average molecular weight is 373 g/mol. The van der Waals surface area contributed by atoms with Crippen LogP contribution in [0, 0.1) is 0 Å². The largest absolute Gasteiger partial charge is 0.383 e. The van der Waals surface area contributed by atoms with Gasteiger partial charge in [0.1, 0.15) is 0 Å². The third-order valence-electron chi connectivity index (χ3n) is 4.38. The molecular formula is C22H32N2O3. The van der Waals surface area contributed by atoms with Gasteiger partial charge in [-0.1, -0.05) is 36.4 Å². The first kappa shape index (κ1) is 21.2. The van der Waals surface area contributed by atoms with E-state index in [4.69, 9.17) is 14.2 Å². The number of para-hydroxylation sites is 2. The Morgan fingerprint density at radius 1 is 0.556 bits per heavy atom. The summed E-state index contributed by atoms with van der Waals surface area (Å²) in [7, 11) is 3.47. The van der Waals surface area contributed by atoms with E-state index in [-0.39, 0.29) is 0 Å². The van der Waals surface area contributed by atoms with Crippen LogP contribution in [0.5, 0.6) is 0 Å². The predicted octanol–water partition coefficient (Wildman–Crippen LogP) is 3.31. The fourth-order valence-corrected chi connectivity index (χ4v) is 2.87. The Balaban J connectivity index is 1.77. The van der Waals surface area contributed by atoms with Gasteiger partial charge in [-0.3, -0.25) is 0 Å². The molecule has 0 aliphatic carbocycles. The van der Waals surface area contributed by atoms with Crippen LogP contribution in [-0.4, -0.2) is 66.8 Å². The van der Waals surface area contributed by atoms with Gasteiger partial charge >= 0.3 is 0 Å². The van der Waals surface area contributed by atoms with Crippen molar-refractivity contribution >= 4 is 11.4 Å². The summed E-state index contributed by atoms with van der Waals surface area (Å²) in [5.74, 6) is 0. The van der Waals surface area contributed by atoms with Gasteiger partial charge in [0.05, 0.1) is 26.4 Å². The Bertz CT molecular complexity index is 542. The molecule has 0 N–H and O–H groups in total. The van der Waals surface area contributed by atoms with Crippen molar-refractivity contribution in [3.63, 3.8) is 0 Å². The zero-order chi connectivity index (χ0) is 19.2. The molecule has 0 radical (unpaired) electrons.